The molecule has 84 valence electrons. The lowest BCUT2D eigenvalue weighted by atomic mass is 10.2. The molecule has 0 amide bonds. The van der Waals surface area contributed by atoms with E-state index in [9.17, 15) is 8.42 Å². The number of hydrogen-bond acceptors (Lipinski definition) is 3. The summed E-state index contributed by atoms with van der Waals surface area (Å²) in [4.78, 5) is 0. The maximum Gasteiger partial charge on any atom is 0.218 e. The summed E-state index contributed by atoms with van der Waals surface area (Å²) in [6, 6.07) is 0. The molecule has 1 fully saturated rings. The van der Waals surface area contributed by atoms with Crippen LogP contribution in [0.25, 0.3) is 0 Å². The molecule has 1 atom stereocenters. The first-order chi connectivity index (χ1) is 6.62. The van der Waals surface area contributed by atoms with Crippen molar-refractivity contribution in [2.75, 3.05) is 26.2 Å². The van der Waals surface area contributed by atoms with Gasteiger partial charge in [-0.2, -0.15) is 0 Å². The molecule has 1 saturated heterocycles. The molecule has 1 aliphatic rings. The Labute approximate surface area is 86.7 Å². The van der Waals surface area contributed by atoms with E-state index in [2.05, 4.69) is 5.32 Å². The second-order valence-electron chi connectivity index (χ2n) is 3.60. The zero-order valence-electron chi connectivity index (χ0n) is 8.99. The summed E-state index contributed by atoms with van der Waals surface area (Å²) in [6.07, 6.45) is 1.76. The Hall–Kier alpha value is -0.130. The van der Waals surface area contributed by atoms with Crippen molar-refractivity contribution in [2.24, 2.45) is 0 Å². The lowest BCUT2D eigenvalue weighted by Gasteiger charge is -2.28. The molecule has 0 saturated carbocycles. The Morgan fingerprint density at radius 3 is 2.43 bits per heavy atom. The molecular formula is C9H20N2O2S. The predicted molar refractivity (Wildman–Crippen MR) is 57.7 cm³/mol. The Kier molecular flexibility index (Phi) is 4.34. The molecule has 0 aromatic rings. The minimum absolute atomic E-state index is 0.212. The third-order valence-electron chi connectivity index (χ3n) is 2.74. The third kappa shape index (κ3) is 2.46. The zero-order chi connectivity index (χ0) is 10.6. The highest BCUT2D eigenvalue weighted by atomic mass is 32.2. The molecule has 0 aliphatic carbocycles. The molecule has 4 nitrogen and oxygen atoms in total. The van der Waals surface area contributed by atoms with E-state index >= 15 is 0 Å². The Balaban J connectivity index is 2.71. The summed E-state index contributed by atoms with van der Waals surface area (Å²) in [7, 11) is -3.05. The van der Waals surface area contributed by atoms with Crippen molar-refractivity contribution in [3.05, 3.63) is 0 Å². The van der Waals surface area contributed by atoms with Crippen LogP contribution in [-0.2, 0) is 10.0 Å². The zero-order valence-corrected chi connectivity index (χ0v) is 9.81. The van der Waals surface area contributed by atoms with Gasteiger partial charge in [-0.1, -0.05) is 13.8 Å². The molecule has 0 spiro atoms. The van der Waals surface area contributed by atoms with E-state index in [4.69, 9.17) is 0 Å². The van der Waals surface area contributed by atoms with Gasteiger partial charge in [-0.3, -0.25) is 0 Å². The van der Waals surface area contributed by atoms with E-state index in [1.807, 2.05) is 13.8 Å². The third-order valence-corrected chi connectivity index (χ3v) is 5.22. The fourth-order valence-electron chi connectivity index (χ4n) is 1.87. The van der Waals surface area contributed by atoms with Crippen molar-refractivity contribution >= 4 is 10.0 Å². The fraction of sp³-hybridized carbons (Fsp3) is 1.00. The van der Waals surface area contributed by atoms with Crippen molar-refractivity contribution in [2.45, 2.75) is 31.9 Å². The van der Waals surface area contributed by atoms with Crippen LogP contribution in [0.4, 0.5) is 0 Å². The van der Waals surface area contributed by atoms with Crippen molar-refractivity contribution < 1.29 is 8.42 Å². The first-order valence-corrected chi connectivity index (χ1v) is 6.83. The maximum atomic E-state index is 12.0. The van der Waals surface area contributed by atoms with Crippen LogP contribution in [0.3, 0.4) is 0 Å². The van der Waals surface area contributed by atoms with E-state index in [0.717, 1.165) is 19.4 Å². The number of hydrogen-bond donors (Lipinski definition) is 1. The molecule has 1 aliphatic heterocycles. The number of nitrogens with zero attached hydrogens (tertiary/aromatic N) is 1. The van der Waals surface area contributed by atoms with Gasteiger partial charge in [0.1, 0.15) is 0 Å². The van der Waals surface area contributed by atoms with Gasteiger partial charge in [0.25, 0.3) is 0 Å². The topological polar surface area (TPSA) is 49.4 Å². The maximum absolute atomic E-state index is 12.0. The van der Waals surface area contributed by atoms with E-state index in [-0.39, 0.29) is 5.25 Å². The average molecular weight is 220 g/mol. The van der Waals surface area contributed by atoms with Crippen molar-refractivity contribution in [3.8, 4) is 0 Å². The van der Waals surface area contributed by atoms with E-state index in [0.29, 0.717) is 19.6 Å². The van der Waals surface area contributed by atoms with Gasteiger partial charge in [0, 0.05) is 19.6 Å². The van der Waals surface area contributed by atoms with Crippen LogP contribution in [0.5, 0.6) is 0 Å². The van der Waals surface area contributed by atoms with Crippen LogP contribution in [0.15, 0.2) is 0 Å². The van der Waals surface area contributed by atoms with Crippen LogP contribution in [0, 0.1) is 0 Å². The second kappa shape index (κ2) is 5.09. The molecular weight excluding hydrogens is 200 g/mol. The molecule has 14 heavy (non-hydrogen) atoms. The molecule has 0 bridgehead atoms. The lowest BCUT2D eigenvalue weighted by Crippen LogP contribution is -2.46. The van der Waals surface area contributed by atoms with Crippen molar-refractivity contribution in [3.63, 3.8) is 0 Å². The van der Waals surface area contributed by atoms with Gasteiger partial charge in [-0.05, 0) is 19.4 Å². The van der Waals surface area contributed by atoms with Gasteiger partial charge < -0.3 is 5.32 Å². The molecule has 0 radical (unpaired) electrons. The highest BCUT2D eigenvalue weighted by Crippen LogP contribution is 2.15. The van der Waals surface area contributed by atoms with E-state index < -0.39 is 10.0 Å². The number of piperidine rings is 1. The normalized spacial score (nSPS) is 24.1. The summed E-state index contributed by atoms with van der Waals surface area (Å²) in [5.74, 6) is 0. The summed E-state index contributed by atoms with van der Waals surface area (Å²) in [5.41, 5.74) is 0. The smallest absolute Gasteiger partial charge is 0.218 e. The molecule has 1 N–H and O–H groups in total. The van der Waals surface area contributed by atoms with Crippen LogP contribution < -0.4 is 5.32 Å². The van der Waals surface area contributed by atoms with E-state index in [1.54, 1.807) is 4.31 Å². The van der Waals surface area contributed by atoms with Crippen molar-refractivity contribution in [1.82, 2.24) is 9.62 Å². The lowest BCUT2D eigenvalue weighted by molar-refractivity contribution is 0.415. The first kappa shape index (κ1) is 11.9. The van der Waals surface area contributed by atoms with Crippen LogP contribution in [0.2, 0.25) is 0 Å². The van der Waals surface area contributed by atoms with Gasteiger partial charge >= 0.3 is 0 Å². The largest absolute Gasteiger partial charge is 0.315 e. The average Bonchev–Trinajstić information content (AvgIpc) is 2.20. The molecule has 1 rings (SSSR count). The van der Waals surface area contributed by atoms with Gasteiger partial charge in [0.05, 0.1) is 5.25 Å². The van der Waals surface area contributed by atoms with Gasteiger partial charge in [-0.25, -0.2) is 12.7 Å². The quantitative estimate of drug-likeness (QED) is 0.746. The van der Waals surface area contributed by atoms with Crippen molar-refractivity contribution in [1.29, 1.82) is 0 Å². The fourth-order valence-corrected chi connectivity index (χ4v) is 3.80. The van der Waals surface area contributed by atoms with Crippen LogP contribution in [0.1, 0.15) is 26.7 Å². The van der Waals surface area contributed by atoms with Gasteiger partial charge in [-0.15, -0.1) is 0 Å². The Morgan fingerprint density at radius 1 is 1.36 bits per heavy atom. The van der Waals surface area contributed by atoms with Gasteiger partial charge in [0.15, 0.2) is 0 Å². The Morgan fingerprint density at radius 2 is 2.00 bits per heavy atom. The number of rotatable bonds is 4. The summed E-state index contributed by atoms with van der Waals surface area (Å²) in [6.45, 7) is 6.49. The molecule has 0 aromatic carbocycles. The summed E-state index contributed by atoms with van der Waals surface area (Å²) >= 11 is 0. The number of nitrogens with one attached hydrogen (secondary N) is 1. The first-order valence-electron chi connectivity index (χ1n) is 5.32. The Bertz CT molecular complexity index is 254. The minimum atomic E-state index is -3.05. The molecule has 0 aromatic heterocycles. The van der Waals surface area contributed by atoms with E-state index in [1.165, 1.54) is 0 Å². The molecule has 1 heterocycles. The second-order valence-corrected chi connectivity index (χ2v) is 5.81. The van der Waals surface area contributed by atoms with Gasteiger partial charge in [0.2, 0.25) is 10.0 Å². The highest BCUT2D eigenvalue weighted by molar-refractivity contribution is 7.89. The highest BCUT2D eigenvalue weighted by Gasteiger charge is 2.31. The monoisotopic (exact) mass is 220 g/mol. The number of sulfonamides is 1. The molecule has 1 unspecified atom stereocenters. The summed E-state index contributed by atoms with van der Waals surface area (Å²) in [5, 5.41) is 2.93. The van der Waals surface area contributed by atoms with Crippen LogP contribution >= 0.6 is 0 Å². The SMILES string of the molecule is CCN(CC)S(=O)(=O)C1CCCNC1. The summed E-state index contributed by atoms with van der Waals surface area (Å²) < 4.78 is 25.6. The molecule has 5 heteroatoms. The predicted octanol–water partition coefficient (Wildman–Crippen LogP) is 0.410. The minimum Gasteiger partial charge on any atom is -0.315 e. The standard InChI is InChI=1S/C9H20N2O2S/c1-3-11(4-2)14(12,13)9-6-5-7-10-8-9/h9-10H,3-8H2,1-2H3. The van der Waals surface area contributed by atoms with Crippen LogP contribution in [-0.4, -0.2) is 44.2 Å².